The minimum absolute atomic E-state index is 0.0431. The third kappa shape index (κ3) is 2.21. The standard InChI is InChI=1S/C12H14ClNO/c1-12(2)7-10(14-12)11(15)8-4-3-5-9(13)6-8/h3-6,10,14H,7H2,1-2H3. The summed E-state index contributed by atoms with van der Waals surface area (Å²) in [5.74, 6) is 0.136. The Morgan fingerprint density at radius 2 is 2.20 bits per heavy atom. The molecular weight excluding hydrogens is 210 g/mol. The molecule has 0 amide bonds. The number of halogens is 1. The summed E-state index contributed by atoms with van der Waals surface area (Å²) in [6, 6.07) is 7.06. The van der Waals surface area contributed by atoms with E-state index < -0.39 is 0 Å². The molecule has 1 atom stereocenters. The van der Waals surface area contributed by atoms with Crippen LogP contribution < -0.4 is 5.32 Å². The van der Waals surface area contributed by atoms with Crippen molar-refractivity contribution in [3.63, 3.8) is 0 Å². The van der Waals surface area contributed by atoms with Crippen LogP contribution in [-0.2, 0) is 0 Å². The third-order valence-corrected chi connectivity index (χ3v) is 2.94. The van der Waals surface area contributed by atoms with Crippen LogP contribution in [0.4, 0.5) is 0 Å². The minimum atomic E-state index is -0.0431. The zero-order valence-corrected chi connectivity index (χ0v) is 9.64. The van der Waals surface area contributed by atoms with Crippen molar-refractivity contribution in [2.24, 2.45) is 0 Å². The largest absolute Gasteiger partial charge is 0.302 e. The van der Waals surface area contributed by atoms with Crippen LogP contribution in [-0.4, -0.2) is 17.4 Å². The molecule has 1 aromatic rings. The van der Waals surface area contributed by atoms with Crippen molar-refractivity contribution < 1.29 is 4.79 Å². The van der Waals surface area contributed by atoms with Gasteiger partial charge < -0.3 is 5.32 Å². The van der Waals surface area contributed by atoms with E-state index >= 15 is 0 Å². The molecule has 2 rings (SSSR count). The number of nitrogens with one attached hydrogen (secondary N) is 1. The topological polar surface area (TPSA) is 29.1 Å². The maximum atomic E-state index is 11.9. The van der Waals surface area contributed by atoms with E-state index in [1.165, 1.54) is 0 Å². The number of ketones is 1. The van der Waals surface area contributed by atoms with Crippen LogP contribution in [0.15, 0.2) is 24.3 Å². The average molecular weight is 224 g/mol. The zero-order chi connectivity index (χ0) is 11.1. The Labute approximate surface area is 94.6 Å². The second-order valence-electron chi connectivity index (χ2n) is 4.66. The quantitative estimate of drug-likeness (QED) is 0.782. The molecule has 1 fully saturated rings. The van der Waals surface area contributed by atoms with Crippen molar-refractivity contribution >= 4 is 17.4 Å². The fourth-order valence-electron chi connectivity index (χ4n) is 1.96. The van der Waals surface area contributed by atoms with Gasteiger partial charge in [-0.3, -0.25) is 4.79 Å². The third-order valence-electron chi connectivity index (χ3n) is 2.71. The van der Waals surface area contributed by atoms with E-state index in [9.17, 15) is 4.79 Å². The van der Waals surface area contributed by atoms with Gasteiger partial charge in [0.05, 0.1) is 6.04 Å². The van der Waals surface area contributed by atoms with Gasteiger partial charge in [0.25, 0.3) is 0 Å². The monoisotopic (exact) mass is 223 g/mol. The second kappa shape index (κ2) is 3.62. The highest BCUT2D eigenvalue weighted by Gasteiger charge is 2.39. The van der Waals surface area contributed by atoms with Gasteiger partial charge in [0.2, 0.25) is 0 Å². The summed E-state index contributed by atoms with van der Waals surface area (Å²) in [7, 11) is 0. The van der Waals surface area contributed by atoms with Gasteiger partial charge in [-0.1, -0.05) is 23.7 Å². The molecule has 0 bridgehead atoms. The Bertz CT molecular complexity index is 392. The Morgan fingerprint density at radius 1 is 1.53 bits per heavy atom. The number of carbonyl (C=O) groups excluding carboxylic acids is 1. The highest BCUT2D eigenvalue weighted by atomic mass is 35.5. The highest BCUT2D eigenvalue weighted by Crippen LogP contribution is 2.26. The lowest BCUT2D eigenvalue weighted by Gasteiger charge is -2.43. The van der Waals surface area contributed by atoms with Crippen molar-refractivity contribution in [2.75, 3.05) is 0 Å². The molecule has 15 heavy (non-hydrogen) atoms. The zero-order valence-electron chi connectivity index (χ0n) is 8.88. The molecule has 1 N–H and O–H groups in total. The first kappa shape index (κ1) is 10.7. The molecule has 0 saturated carbocycles. The van der Waals surface area contributed by atoms with Gasteiger partial charge in [0.15, 0.2) is 5.78 Å². The lowest BCUT2D eigenvalue weighted by atomic mass is 9.81. The van der Waals surface area contributed by atoms with Crippen LogP contribution in [0.5, 0.6) is 0 Å². The van der Waals surface area contributed by atoms with Gasteiger partial charge in [-0.25, -0.2) is 0 Å². The first-order valence-electron chi connectivity index (χ1n) is 5.05. The lowest BCUT2D eigenvalue weighted by molar-refractivity contribution is 0.0789. The number of hydrogen-bond donors (Lipinski definition) is 1. The predicted octanol–water partition coefficient (Wildman–Crippen LogP) is 2.66. The normalized spacial score (nSPS) is 23.3. The molecule has 1 aromatic carbocycles. The van der Waals surface area contributed by atoms with Gasteiger partial charge in [-0.05, 0) is 32.4 Å². The van der Waals surface area contributed by atoms with E-state index in [1.807, 2.05) is 0 Å². The van der Waals surface area contributed by atoms with Crippen molar-refractivity contribution in [2.45, 2.75) is 31.8 Å². The second-order valence-corrected chi connectivity index (χ2v) is 5.10. The fourth-order valence-corrected chi connectivity index (χ4v) is 2.15. The SMILES string of the molecule is CC1(C)CC(C(=O)c2cccc(Cl)c2)N1. The van der Waals surface area contributed by atoms with E-state index in [1.54, 1.807) is 24.3 Å². The van der Waals surface area contributed by atoms with Crippen molar-refractivity contribution in [3.8, 4) is 0 Å². The van der Waals surface area contributed by atoms with E-state index in [0.29, 0.717) is 10.6 Å². The van der Waals surface area contributed by atoms with Crippen molar-refractivity contribution in [1.82, 2.24) is 5.32 Å². The summed E-state index contributed by atoms with van der Waals surface area (Å²) >= 11 is 5.84. The molecule has 0 spiro atoms. The summed E-state index contributed by atoms with van der Waals surface area (Å²) in [6.45, 7) is 4.18. The molecule has 0 radical (unpaired) electrons. The van der Waals surface area contributed by atoms with Gasteiger partial charge in [-0.2, -0.15) is 0 Å². The van der Waals surface area contributed by atoms with Crippen LogP contribution in [0.2, 0.25) is 5.02 Å². The van der Waals surface area contributed by atoms with Crippen molar-refractivity contribution in [1.29, 1.82) is 0 Å². The number of hydrogen-bond acceptors (Lipinski definition) is 2. The molecule has 0 aromatic heterocycles. The maximum Gasteiger partial charge on any atom is 0.179 e. The first-order valence-corrected chi connectivity index (χ1v) is 5.43. The van der Waals surface area contributed by atoms with Crippen LogP contribution >= 0.6 is 11.6 Å². The van der Waals surface area contributed by atoms with Gasteiger partial charge >= 0.3 is 0 Å². The van der Waals surface area contributed by atoms with E-state index in [2.05, 4.69) is 19.2 Å². The van der Waals surface area contributed by atoms with E-state index in [0.717, 1.165) is 6.42 Å². The summed E-state index contributed by atoms with van der Waals surface area (Å²) in [5, 5.41) is 3.85. The first-order chi connectivity index (χ1) is 6.98. The average Bonchev–Trinajstić information content (AvgIpc) is 2.13. The molecule has 1 aliphatic heterocycles. The summed E-state index contributed by atoms with van der Waals surface area (Å²) in [6.07, 6.45) is 0.887. The summed E-state index contributed by atoms with van der Waals surface area (Å²) in [5.41, 5.74) is 0.786. The van der Waals surface area contributed by atoms with Gasteiger partial charge in [0.1, 0.15) is 0 Å². The van der Waals surface area contributed by atoms with Gasteiger partial charge in [-0.15, -0.1) is 0 Å². The molecule has 80 valence electrons. The number of Topliss-reactive ketones (excluding diaryl/α,β-unsaturated/α-hetero) is 1. The molecular formula is C12H14ClNO. The summed E-state index contributed by atoms with van der Waals surface area (Å²) in [4.78, 5) is 11.9. The highest BCUT2D eigenvalue weighted by molar-refractivity contribution is 6.31. The van der Waals surface area contributed by atoms with Crippen LogP contribution in [0, 0.1) is 0 Å². The number of rotatable bonds is 2. The van der Waals surface area contributed by atoms with E-state index in [-0.39, 0.29) is 17.4 Å². The van der Waals surface area contributed by atoms with E-state index in [4.69, 9.17) is 11.6 Å². The number of carbonyl (C=O) groups is 1. The lowest BCUT2D eigenvalue weighted by Crippen LogP contribution is -2.62. The predicted molar refractivity (Wildman–Crippen MR) is 61.4 cm³/mol. The molecule has 1 heterocycles. The Kier molecular flexibility index (Phi) is 2.57. The Hall–Kier alpha value is -0.860. The minimum Gasteiger partial charge on any atom is -0.302 e. The smallest absolute Gasteiger partial charge is 0.179 e. The number of benzene rings is 1. The molecule has 1 saturated heterocycles. The molecule has 3 heteroatoms. The van der Waals surface area contributed by atoms with Crippen LogP contribution in [0.3, 0.4) is 0 Å². The molecule has 2 nitrogen and oxygen atoms in total. The summed E-state index contributed by atoms with van der Waals surface area (Å²) < 4.78 is 0. The molecule has 1 unspecified atom stereocenters. The Morgan fingerprint density at radius 3 is 2.73 bits per heavy atom. The van der Waals surface area contributed by atoms with Crippen LogP contribution in [0.25, 0.3) is 0 Å². The van der Waals surface area contributed by atoms with Gasteiger partial charge in [0, 0.05) is 16.1 Å². The fraction of sp³-hybridized carbons (Fsp3) is 0.417. The maximum absolute atomic E-state index is 11.9. The van der Waals surface area contributed by atoms with Crippen molar-refractivity contribution in [3.05, 3.63) is 34.9 Å². The molecule has 0 aliphatic carbocycles. The van der Waals surface area contributed by atoms with Crippen LogP contribution in [0.1, 0.15) is 30.6 Å². The Balaban J connectivity index is 2.10. The molecule has 1 aliphatic rings.